The van der Waals surface area contributed by atoms with E-state index in [1.807, 2.05) is 0 Å². The number of benzene rings is 1. The summed E-state index contributed by atoms with van der Waals surface area (Å²) in [5.74, 6) is 0.117. The lowest BCUT2D eigenvalue weighted by atomic mass is 9.80. The fraction of sp³-hybridized carbons (Fsp3) is 0.500. The predicted molar refractivity (Wildman–Crippen MR) is 76.0 cm³/mol. The third-order valence-electron chi connectivity index (χ3n) is 4.26. The van der Waals surface area contributed by atoms with Gasteiger partial charge in [-0.05, 0) is 44.4 Å². The van der Waals surface area contributed by atoms with Crippen molar-refractivity contribution in [2.45, 2.75) is 44.2 Å². The minimum Gasteiger partial charge on any atom is -0.455 e. The smallest absolute Gasteiger partial charge is 0.170 e. The maximum Gasteiger partial charge on any atom is 0.170 e. The molecular formula is C16H20FNO2. The van der Waals surface area contributed by atoms with Gasteiger partial charge in [-0.3, -0.25) is 0 Å². The van der Waals surface area contributed by atoms with Crippen molar-refractivity contribution >= 4 is 11.0 Å². The molecule has 1 saturated carbocycles. The fourth-order valence-corrected chi connectivity index (χ4v) is 3.09. The van der Waals surface area contributed by atoms with Crippen LogP contribution in [0.5, 0.6) is 0 Å². The second kappa shape index (κ2) is 5.19. The average molecular weight is 277 g/mol. The van der Waals surface area contributed by atoms with Crippen LogP contribution in [0.4, 0.5) is 4.39 Å². The topological polar surface area (TPSA) is 45.4 Å². The molecule has 0 atom stereocenters. The van der Waals surface area contributed by atoms with Crippen LogP contribution in [-0.2, 0) is 5.60 Å². The third kappa shape index (κ3) is 2.34. The van der Waals surface area contributed by atoms with E-state index in [1.165, 1.54) is 6.07 Å². The van der Waals surface area contributed by atoms with Gasteiger partial charge >= 0.3 is 0 Å². The molecule has 20 heavy (non-hydrogen) atoms. The Kier molecular flexibility index (Phi) is 3.52. The van der Waals surface area contributed by atoms with Gasteiger partial charge in [0.1, 0.15) is 11.4 Å². The van der Waals surface area contributed by atoms with Gasteiger partial charge in [0, 0.05) is 11.4 Å². The van der Waals surface area contributed by atoms with Gasteiger partial charge in [0.15, 0.2) is 11.4 Å². The zero-order chi connectivity index (χ0) is 14.2. The van der Waals surface area contributed by atoms with Crippen molar-refractivity contribution in [3.05, 3.63) is 35.8 Å². The lowest BCUT2D eigenvalue weighted by molar-refractivity contribution is -0.0254. The van der Waals surface area contributed by atoms with Crippen molar-refractivity contribution < 1.29 is 13.9 Å². The molecule has 3 rings (SSSR count). The highest BCUT2D eigenvalue weighted by Crippen LogP contribution is 2.39. The maximum atomic E-state index is 13.7. The summed E-state index contributed by atoms with van der Waals surface area (Å²) in [7, 11) is 0. The molecule has 0 bridgehead atoms. The number of hydrogen-bond acceptors (Lipinski definition) is 3. The van der Waals surface area contributed by atoms with E-state index in [0.29, 0.717) is 30.0 Å². The molecule has 1 heterocycles. The van der Waals surface area contributed by atoms with Crippen LogP contribution < -0.4 is 5.32 Å². The SMILES string of the molecule is CCNC1CCC(O)(c2cc3cccc(F)c3o2)CC1. The van der Waals surface area contributed by atoms with Crippen LogP contribution >= 0.6 is 0 Å². The standard InChI is InChI=1S/C16H20FNO2/c1-2-18-12-6-8-16(19,9-7-12)14-10-11-4-3-5-13(17)15(11)20-14/h3-5,10,12,18-19H,2,6-9H2,1H3. The summed E-state index contributed by atoms with van der Waals surface area (Å²) < 4.78 is 19.3. The van der Waals surface area contributed by atoms with Crippen LogP contribution in [0.1, 0.15) is 38.4 Å². The molecule has 1 fully saturated rings. The zero-order valence-corrected chi connectivity index (χ0v) is 11.7. The largest absolute Gasteiger partial charge is 0.455 e. The Hall–Kier alpha value is -1.39. The van der Waals surface area contributed by atoms with Gasteiger partial charge in [-0.1, -0.05) is 19.1 Å². The van der Waals surface area contributed by atoms with Crippen LogP contribution in [0.25, 0.3) is 11.0 Å². The summed E-state index contributed by atoms with van der Waals surface area (Å²) in [6.07, 6.45) is 3.10. The molecule has 0 radical (unpaired) electrons. The number of furan rings is 1. The van der Waals surface area contributed by atoms with Crippen molar-refractivity contribution in [1.82, 2.24) is 5.32 Å². The first-order chi connectivity index (χ1) is 9.62. The maximum absolute atomic E-state index is 13.7. The summed E-state index contributed by atoms with van der Waals surface area (Å²) in [5.41, 5.74) is -0.720. The van der Waals surface area contributed by atoms with Crippen LogP contribution in [0, 0.1) is 5.82 Å². The van der Waals surface area contributed by atoms with Crippen molar-refractivity contribution in [2.75, 3.05) is 6.54 Å². The first-order valence-electron chi connectivity index (χ1n) is 7.27. The van der Waals surface area contributed by atoms with E-state index in [9.17, 15) is 9.50 Å². The van der Waals surface area contributed by atoms with E-state index in [2.05, 4.69) is 12.2 Å². The number of nitrogens with one attached hydrogen (secondary N) is 1. The van der Waals surface area contributed by atoms with E-state index >= 15 is 0 Å². The highest BCUT2D eigenvalue weighted by molar-refractivity contribution is 5.78. The van der Waals surface area contributed by atoms with Crippen LogP contribution in [-0.4, -0.2) is 17.7 Å². The summed E-state index contributed by atoms with van der Waals surface area (Å²) in [5, 5.41) is 14.9. The van der Waals surface area contributed by atoms with Gasteiger partial charge < -0.3 is 14.8 Å². The average Bonchev–Trinajstić information content (AvgIpc) is 2.88. The van der Waals surface area contributed by atoms with Crippen molar-refractivity contribution in [3.63, 3.8) is 0 Å². The van der Waals surface area contributed by atoms with Gasteiger partial charge in [0.2, 0.25) is 0 Å². The number of hydrogen-bond donors (Lipinski definition) is 2. The molecule has 2 aromatic rings. The summed E-state index contributed by atoms with van der Waals surface area (Å²) in [6.45, 7) is 3.03. The van der Waals surface area contributed by atoms with E-state index < -0.39 is 5.60 Å². The minimum atomic E-state index is -0.961. The van der Waals surface area contributed by atoms with E-state index in [0.717, 1.165) is 19.4 Å². The van der Waals surface area contributed by atoms with Crippen molar-refractivity contribution in [3.8, 4) is 0 Å². The van der Waals surface area contributed by atoms with Crippen molar-refractivity contribution in [1.29, 1.82) is 0 Å². The number of halogens is 1. The number of aliphatic hydroxyl groups is 1. The lowest BCUT2D eigenvalue weighted by Crippen LogP contribution is -2.39. The van der Waals surface area contributed by atoms with Crippen LogP contribution in [0.15, 0.2) is 28.7 Å². The number of fused-ring (bicyclic) bond motifs is 1. The molecule has 1 aliphatic carbocycles. The fourth-order valence-electron chi connectivity index (χ4n) is 3.09. The molecule has 1 aromatic heterocycles. The van der Waals surface area contributed by atoms with Crippen LogP contribution in [0.2, 0.25) is 0 Å². The van der Waals surface area contributed by atoms with Gasteiger partial charge in [0.25, 0.3) is 0 Å². The Balaban J connectivity index is 1.85. The van der Waals surface area contributed by atoms with Gasteiger partial charge in [0.05, 0.1) is 0 Å². The highest BCUT2D eigenvalue weighted by atomic mass is 19.1. The van der Waals surface area contributed by atoms with Crippen LogP contribution in [0.3, 0.4) is 0 Å². The van der Waals surface area contributed by atoms with Crippen molar-refractivity contribution in [2.24, 2.45) is 0 Å². The molecule has 4 heteroatoms. The second-order valence-electron chi connectivity index (χ2n) is 5.63. The first kappa shape index (κ1) is 13.6. The number of para-hydroxylation sites is 1. The monoisotopic (exact) mass is 277 g/mol. The lowest BCUT2D eigenvalue weighted by Gasteiger charge is -2.34. The van der Waals surface area contributed by atoms with Gasteiger partial charge in [-0.15, -0.1) is 0 Å². The normalized spacial score (nSPS) is 27.1. The van der Waals surface area contributed by atoms with E-state index in [4.69, 9.17) is 4.42 Å². The summed E-state index contributed by atoms with van der Waals surface area (Å²) in [6, 6.07) is 7.07. The Labute approximate surface area is 117 Å². The predicted octanol–water partition coefficient (Wildman–Crippen LogP) is 3.31. The number of rotatable bonds is 3. The molecular weight excluding hydrogens is 257 g/mol. The highest BCUT2D eigenvalue weighted by Gasteiger charge is 2.37. The van der Waals surface area contributed by atoms with E-state index in [1.54, 1.807) is 18.2 Å². The quantitative estimate of drug-likeness (QED) is 0.904. The molecule has 0 unspecified atom stereocenters. The summed E-state index contributed by atoms with van der Waals surface area (Å²) in [4.78, 5) is 0. The van der Waals surface area contributed by atoms with Gasteiger partial charge in [-0.2, -0.15) is 0 Å². The van der Waals surface area contributed by atoms with E-state index in [-0.39, 0.29) is 11.4 Å². The molecule has 0 amide bonds. The molecule has 0 aliphatic heterocycles. The third-order valence-corrected chi connectivity index (χ3v) is 4.26. The summed E-state index contributed by atoms with van der Waals surface area (Å²) >= 11 is 0. The Morgan fingerprint density at radius 3 is 2.80 bits per heavy atom. The molecule has 1 aromatic carbocycles. The Morgan fingerprint density at radius 2 is 2.15 bits per heavy atom. The van der Waals surface area contributed by atoms with Gasteiger partial charge in [-0.25, -0.2) is 4.39 Å². The molecule has 1 aliphatic rings. The molecule has 108 valence electrons. The molecule has 3 nitrogen and oxygen atoms in total. The first-order valence-corrected chi connectivity index (χ1v) is 7.27. The minimum absolute atomic E-state index is 0.240. The molecule has 0 saturated heterocycles. The Morgan fingerprint density at radius 1 is 1.40 bits per heavy atom. The Bertz CT molecular complexity index is 600. The molecule has 0 spiro atoms. The molecule has 2 N–H and O–H groups in total. The zero-order valence-electron chi connectivity index (χ0n) is 11.7. The second-order valence-corrected chi connectivity index (χ2v) is 5.63.